The number of alkyl halides is 2. The summed E-state index contributed by atoms with van der Waals surface area (Å²) in [6.45, 7) is 5.33. The number of ether oxygens (including phenoxy) is 1. The molecule has 17 heavy (non-hydrogen) atoms. The van der Waals surface area contributed by atoms with Gasteiger partial charge in [-0.15, -0.1) is 0 Å². The summed E-state index contributed by atoms with van der Waals surface area (Å²) in [6, 6.07) is 2.20. The van der Waals surface area contributed by atoms with Gasteiger partial charge in [0.05, 0.1) is 0 Å². The lowest BCUT2D eigenvalue weighted by Crippen LogP contribution is -2.42. The molecule has 1 rings (SSSR count). The molecule has 0 fully saturated rings. The first kappa shape index (κ1) is 13.3. The molecule has 1 amide bonds. The van der Waals surface area contributed by atoms with Gasteiger partial charge in [0.25, 0.3) is 6.43 Å². The number of aromatic nitrogens is 1. The van der Waals surface area contributed by atoms with Crippen LogP contribution in [0.15, 0.2) is 18.3 Å². The molecule has 0 aliphatic heterocycles. The third-order valence-electron chi connectivity index (χ3n) is 1.69. The average Bonchev–Trinajstić information content (AvgIpc) is 2.14. The van der Waals surface area contributed by atoms with Crippen molar-refractivity contribution in [2.24, 2.45) is 0 Å². The van der Waals surface area contributed by atoms with Crippen molar-refractivity contribution in [3.63, 3.8) is 0 Å². The van der Waals surface area contributed by atoms with Gasteiger partial charge in [-0.05, 0) is 26.8 Å². The van der Waals surface area contributed by atoms with Gasteiger partial charge in [0.1, 0.15) is 0 Å². The van der Waals surface area contributed by atoms with E-state index in [1.54, 1.807) is 20.8 Å². The molecule has 0 radical (unpaired) electrons. The van der Waals surface area contributed by atoms with Crippen molar-refractivity contribution in [3.8, 4) is 5.88 Å². The van der Waals surface area contributed by atoms with Crippen LogP contribution in [-0.2, 0) is 0 Å². The van der Waals surface area contributed by atoms with Gasteiger partial charge >= 0.3 is 6.09 Å². The molecule has 0 bridgehead atoms. The highest BCUT2D eigenvalue weighted by atomic mass is 19.3. The second kappa shape index (κ2) is 5.07. The Morgan fingerprint density at radius 1 is 1.47 bits per heavy atom. The Bertz CT molecular complexity index is 403. The van der Waals surface area contributed by atoms with E-state index in [4.69, 9.17) is 4.74 Å². The number of nitrogens with zero attached hydrogens (tertiary/aromatic N) is 1. The van der Waals surface area contributed by atoms with Crippen molar-refractivity contribution in [2.75, 3.05) is 0 Å². The van der Waals surface area contributed by atoms with Gasteiger partial charge in [-0.2, -0.15) is 0 Å². The van der Waals surface area contributed by atoms with Crippen LogP contribution in [0.1, 0.15) is 32.8 Å². The van der Waals surface area contributed by atoms with E-state index in [2.05, 4.69) is 10.3 Å². The molecule has 0 saturated carbocycles. The fraction of sp³-hybridized carbons (Fsp3) is 0.455. The van der Waals surface area contributed by atoms with E-state index < -0.39 is 18.1 Å². The van der Waals surface area contributed by atoms with Gasteiger partial charge in [-0.3, -0.25) is 0 Å². The molecule has 1 aromatic rings. The Balaban J connectivity index is 2.69. The Hall–Kier alpha value is -1.72. The number of nitrogens with one attached hydrogen (secondary N) is 1. The first-order valence-corrected chi connectivity index (χ1v) is 5.02. The van der Waals surface area contributed by atoms with Gasteiger partial charge in [0, 0.05) is 23.4 Å². The maximum absolute atomic E-state index is 12.4. The fourth-order valence-corrected chi connectivity index (χ4v) is 1.04. The number of hydrogen-bond donors (Lipinski definition) is 1. The molecule has 0 aliphatic carbocycles. The molecule has 0 spiro atoms. The Labute approximate surface area is 98.0 Å². The average molecular weight is 244 g/mol. The van der Waals surface area contributed by atoms with E-state index in [0.29, 0.717) is 0 Å². The molecule has 6 heteroatoms. The molecular formula is C11H14F2N2O2. The first-order chi connectivity index (χ1) is 7.78. The van der Waals surface area contributed by atoms with Crippen LogP contribution in [0.2, 0.25) is 0 Å². The predicted octanol–water partition coefficient (Wildman–Crippen LogP) is 2.91. The standard InChI is InChI=1S/C11H14F2N2O2/c1-11(2,3)15-10(16)17-8-6-7(9(12)13)4-5-14-8/h4-6,9H,1-3H3,(H,15,16). The minimum Gasteiger partial charge on any atom is -0.391 e. The summed E-state index contributed by atoms with van der Waals surface area (Å²) < 4.78 is 29.5. The maximum Gasteiger partial charge on any atom is 0.414 e. The zero-order valence-corrected chi connectivity index (χ0v) is 9.83. The molecule has 1 aromatic heterocycles. The zero-order valence-electron chi connectivity index (χ0n) is 9.83. The Morgan fingerprint density at radius 2 is 2.12 bits per heavy atom. The number of carbonyl (C=O) groups is 1. The SMILES string of the molecule is CC(C)(C)NC(=O)Oc1cc(C(F)F)ccn1. The molecule has 4 nitrogen and oxygen atoms in total. The largest absolute Gasteiger partial charge is 0.414 e. The Kier molecular flexibility index (Phi) is 3.98. The van der Waals surface area contributed by atoms with Crippen LogP contribution in [0.4, 0.5) is 13.6 Å². The van der Waals surface area contributed by atoms with Crippen molar-refractivity contribution < 1.29 is 18.3 Å². The Morgan fingerprint density at radius 3 is 2.65 bits per heavy atom. The number of hydrogen-bond acceptors (Lipinski definition) is 3. The van der Waals surface area contributed by atoms with Crippen molar-refractivity contribution in [1.29, 1.82) is 0 Å². The van der Waals surface area contributed by atoms with E-state index in [9.17, 15) is 13.6 Å². The molecule has 0 saturated heterocycles. The zero-order chi connectivity index (χ0) is 13.1. The highest BCUT2D eigenvalue weighted by molar-refractivity contribution is 5.70. The number of pyridine rings is 1. The summed E-state index contributed by atoms with van der Waals surface area (Å²) in [6.07, 6.45) is -2.18. The van der Waals surface area contributed by atoms with Crippen LogP contribution in [0.25, 0.3) is 0 Å². The van der Waals surface area contributed by atoms with Gasteiger partial charge in [-0.1, -0.05) is 0 Å². The predicted molar refractivity (Wildman–Crippen MR) is 58.1 cm³/mol. The van der Waals surface area contributed by atoms with Crippen LogP contribution in [-0.4, -0.2) is 16.6 Å². The second-order valence-corrected chi connectivity index (χ2v) is 4.49. The summed E-state index contributed by atoms with van der Waals surface area (Å²) in [7, 11) is 0. The lowest BCUT2D eigenvalue weighted by Gasteiger charge is -2.19. The van der Waals surface area contributed by atoms with E-state index in [1.165, 1.54) is 12.3 Å². The number of amides is 1. The van der Waals surface area contributed by atoms with Crippen LogP contribution in [0.3, 0.4) is 0 Å². The van der Waals surface area contributed by atoms with Crippen LogP contribution < -0.4 is 10.1 Å². The van der Waals surface area contributed by atoms with Gasteiger partial charge in [-0.25, -0.2) is 18.6 Å². The molecular weight excluding hydrogens is 230 g/mol. The summed E-state index contributed by atoms with van der Waals surface area (Å²) in [4.78, 5) is 15.0. The maximum atomic E-state index is 12.4. The molecule has 1 heterocycles. The third-order valence-corrected chi connectivity index (χ3v) is 1.69. The highest BCUT2D eigenvalue weighted by Gasteiger charge is 2.16. The fourth-order valence-electron chi connectivity index (χ4n) is 1.04. The second-order valence-electron chi connectivity index (χ2n) is 4.49. The monoisotopic (exact) mass is 244 g/mol. The van der Waals surface area contributed by atoms with Gasteiger partial charge < -0.3 is 10.1 Å². The normalized spacial score (nSPS) is 11.4. The molecule has 0 aliphatic rings. The van der Waals surface area contributed by atoms with Crippen molar-refractivity contribution in [2.45, 2.75) is 32.7 Å². The summed E-state index contributed by atoms with van der Waals surface area (Å²) in [5.41, 5.74) is -0.698. The number of halogens is 2. The first-order valence-electron chi connectivity index (χ1n) is 5.02. The lowest BCUT2D eigenvalue weighted by molar-refractivity contribution is 0.150. The van der Waals surface area contributed by atoms with Crippen molar-refractivity contribution in [1.82, 2.24) is 10.3 Å². The lowest BCUT2D eigenvalue weighted by atomic mass is 10.1. The van der Waals surface area contributed by atoms with E-state index in [-0.39, 0.29) is 11.4 Å². The summed E-state index contributed by atoms with van der Waals surface area (Å²) >= 11 is 0. The van der Waals surface area contributed by atoms with Crippen molar-refractivity contribution >= 4 is 6.09 Å². The number of rotatable bonds is 2. The van der Waals surface area contributed by atoms with E-state index in [0.717, 1.165) is 6.07 Å². The smallest absolute Gasteiger partial charge is 0.391 e. The van der Waals surface area contributed by atoms with Gasteiger partial charge in [0.2, 0.25) is 5.88 Å². The van der Waals surface area contributed by atoms with E-state index >= 15 is 0 Å². The summed E-state index contributed by atoms with van der Waals surface area (Å²) in [5, 5.41) is 2.53. The number of carbonyl (C=O) groups excluding carboxylic acids is 1. The van der Waals surface area contributed by atoms with Crippen molar-refractivity contribution in [3.05, 3.63) is 23.9 Å². The molecule has 0 atom stereocenters. The molecule has 1 N–H and O–H groups in total. The topological polar surface area (TPSA) is 51.2 Å². The van der Waals surface area contributed by atoms with Crippen LogP contribution in [0.5, 0.6) is 5.88 Å². The van der Waals surface area contributed by atoms with Crippen LogP contribution in [0, 0.1) is 0 Å². The molecule has 94 valence electrons. The minimum atomic E-state index is -2.62. The van der Waals surface area contributed by atoms with Gasteiger partial charge in [0.15, 0.2) is 0 Å². The highest BCUT2D eigenvalue weighted by Crippen LogP contribution is 2.21. The molecule has 0 aromatic carbocycles. The third kappa shape index (κ3) is 4.76. The van der Waals surface area contributed by atoms with Crippen LogP contribution >= 0.6 is 0 Å². The molecule has 0 unspecified atom stereocenters. The van der Waals surface area contributed by atoms with E-state index in [1.807, 2.05) is 0 Å². The minimum absolute atomic E-state index is 0.149. The quantitative estimate of drug-likeness (QED) is 0.870. The summed E-state index contributed by atoms with van der Waals surface area (Å²) in [5.74, 6) is -0.149.